The Balaban J connectivity index is 2.15. The fourth-order valence-electron chi connectivity index (χ4n) is 4.36. The maximum atomic E-state index is 13.1. The van der Waals surface area contributed by atoms with Gasteiger partial charge < -0.3 is 24.1 Å². The van der Waals surface area contributed by atoms with E-state index < -0.39 is 0 Å². The summed E-state index contributed by atoms with van der Waals surface area (Å²) in [5, 5.41) is 2.96. The second-order valence-corrected chi connectivity index (χ2v) is 9.84. The smallest absolute Gasteiger partial charge is 0.267 e. The van der Waals surface area contributed by atoms with Crippen molar-refractivity contribution in [1.82, 2.24) is 9.88 Å². The minimum absolute atomic E-state index is 0.0932. The zero-order valence-corrected chi connectivity index (χ0v) is 23.9. The van der Waals surface area contributed by atoms with Crippen molar-refractivity contribution in [2.45, 2.75) is 72.8 Å². The van der Waals surface area contributed by atoms with Gasteiger partial charge in [-0.3, -0.25) is 4.79 Å². The molecule has 38 heavy (non-hydrogen) atoms. The van der Waals surface area contributed by atoms with E-state index in [1.807, 2.05) is 49.4 Å². The van der Waals surface area contributed by atoms with Gasteiger partial charge in [-0.15, -0.1) is 0 Å². The van der Waals surface area contributed by atoms with E-state index in [9.17, 15) is 4.79 Å². The third kappa shape index (κ3) is 7.33. The Kier molecular flexibility index (Phi) is 11.1. The topological polar surface area (TPSA) is 61.7 Å². The number of rotatable bonds is 15. The number of nitrogens with zero attached hydrogens (tertiary/aromatic N) is 1. The van der Waals surface area contributed by atoms with Gasteiger partial charge >= 0.3 is 0 Å². The van der Waals surface area contributed by atoms with Crippen molar-refractivity contribution in [3.63, 3.8) is 0 Å². The Morgan fingerprint density at radius 1 is 0.895 bits per heavy atom. The van der Waals surface area contributed by atoms with Crippen LogP contribution in [-0.2, 0) is 6.54 Å². The highest BCUT2D eigenvalue weighted by atomic mass is 16.5. The molecule has 0 bridgehead atoms. The summed E-state index contributed by atoms with van der Waals surface area (Å²) < 4.78 is 20.0. The lowest BCUT2D eigenvalue weighted by atomic mass is 9.97. The molecule has 1 amide bonds. The predicted molar refractivity (Wildman–Crippen MR) is 155 cm³/mol. The molecule has 2 aromatic carbocycles. The van der Waals surface area contributed by atoms with E-state index >= 15 is 0 Å². The van der Waals surface area contributed by atoms with Crippen molar-refractivity contribution in [3.05, 3.63) is 65.4 Å². The van der Waals surface area contributed by atoms with E-state index in [1.165, 1.54) is 0 Å². The molecule has 0 radical (unpaired) electrons. The van der Waals surface area contributed by atoms with Crippen molar-refractivity contribution >= 4 is 5.91 Å². The summed E-state index contributed by atoms with van der Waals surface area (Å²) >= 11 is 0. The number of carbonyl (C=O) groups is 1. The van der Waals surface area contributed by atoms with Crippen LogP contribution in [0.3, 0.4) is 0 Å². The fourth-order valence-corrected chi connectivity index (χ4v) is 4.36. The van der Waals surface area contributed by atoms with Crippen LogP contribution in [0.2, 0.25) is 0 Å². The lowest BCUT2D eigenvalue weighted by Gasteiger charge is -2.21. The molecule has 0 aliphatic heterocycles. The fraction of sp³-hybridized carbons (Fsp3) is 0.469. The average molecular weight is 521 g/mol. The van der Waals surface area contributed by atoms with E-state index in [-0.39, 0.29) is 11.8 Å². The predicted octanol–water partition coefficient (Wildman–Crippen LogP) is 7.44. The second-order valence-electron chi connectivity index (χ2n) is 9.84. The Morgan fingerprint density at radius 2 is 1.55 bits per heavy atom. The first kappa shape index (κ1) is 29.2. The van der Waals surface area contributed by atoms with Crippen molar-refractivity contribution in [2.75, 3.05) is 26.9 Å². The molecule has 0 aliphatic rings. The molecule has 3 rings (SSSR count). The molecule has 3 aromatic rings. The van der Waals surface area contributed by atoms with Gasteiger partial charge in [-0.1, -0.05) is 52.7 Å². The van der Waals surface area contributed by atoms with Gasteiger partial charge in [-0.05, 0) is 67.1 Å². The van der Waals surface area contributed by atoms with Crippen LogP contribution in [0.25, 0.3) is 11.3 Å². The molecule has 1 N–H and O–H groups in total. The molecule has 6 nitrogen and oxygen atoms in total. The van der Waals surface area contributed by atoms with Crippen LogP contribution in [-0.4, -0.2) is 37.3 Å². The number of ether oxygens (including phenoxy) is 3. The van der Waals surface area contributed by atoms with Crippen molar-refractivity contribution < 1.29 is 19.0 Å². The summed E-state index contributed by atoms with van der Waals surface area (Å²) in [5.74, 6) is 2.64. The van der Waals surface area contributed by atoms with Crippen LogP contribution in [0.4, 0.5) is 0 Å². The van der Waals surface area contributed by atoms with E-state index in [0.29, 0.717) is 32.0 Å². The van der Waals surface area contributed by atoms with Gasteiger partial charge in [-0.25, -0.2) is 0 Å². The zero-order valence-electron chi connectivity index (χ0n) is 23.9. The Hall–Kier alpha value is -3.41. The molecule has 1 aromatic heterocycles. The van der Waals surface area contributed by atoms with Crippen molar-refractivity contribution in [1.29, 1.82) is 0 Å². The lowest BCUT2D eigenvalue weighted by molar-refractivity contribution is 0.0947. The third-order valence-corrected chi connectivity index (χ3v) is 6.57. The summed E-state index contributed by atoms with van der Waals surface area (Å²) in [5.41, 5.74) is 4.74. The van der Waals surface area contributed by atoms with Gasteiger partial charge in [0.15, 0.2) is 0 Å². The highest BCUT2D eigenvalue weighted by molar-refractivity contribution is 5.94. The van der Waals surface area contributed by atoms with Gasteiger partial charge in [0.1, 0.15) is 22.9 Å². The molecular formula is C32H44N2O4. The highest BCUT2D eigenvalue weighted by Crippen LogP contribution is 2.40. The SMILES string of the molecule is CCCCOc1cc(OCCCC)c(C(C)C)cc1-c1ccc(C(=O)NCC)n1Cc1ccc(OC)cc1. The molecule has 6 heteroatoms. The number of benzene rings is 2. The highest BCUT2D eigenvalue weighted by Gasteiger charge is 2.22. The first-order valence-corrected chi connectivity index (χ1v) is 14.0. The summed E-state index contributed by atoms with van der Waals surface area (Å²) in [6.45, 7) is 13.0. The van der Waals surface area contributed by atoms with Crippen LogP contribution in [0, 0.1) is 0 Å². The molecule has 206 valence electrons. The number of amides is 1. The number of methoxy groups -OCH3 is 1. The molecule has 0 saturated carbocycles. The number of carbonyl (C=O) groups excluding carboxylic acids is 1. The van der Waals surface area contributed by atoms with E-state index in [2.05, 4.69) is 43.6 Å². The lowest BCUT2D eigenvalue weighted by Crippen LogP contribution is -2.26. The Morgan fingerprint density at radius 3 is 2.13 bits per heavy atom. The monoisotopic (exact) mass is 520 g/mol. The minimum atomic E-state index is -0.0932. The zero-order chi connectivity index (χ0) is 27.5. The summed E-state index contributed by atoms with van der Waals surface area (Å²) in [6, 6.07) is 16.1. The normalized spacial score (nSPS) is 11.0. The molecule has 0 atom stereocenters. The number of nitrogens with one attached hydrogen (secondary N) is 1. The van der Waals surface area contributed by atoms with E-state index in [1.54, 1.807) is 7.11 Å². The summed E-state index contributed by atoms with van der Waals surface area (Å²) in [4.78, 5) is 13.1. The van der Waals surface area contributed by atoms with Crippen molar-refractivity contribution in [2.24, 2.45) is 0 Å². The van der Waals surface area contributed by atoms with Gasteiger partial charge in [0.05, 0.1) is 26.0 Å². The van der Waals surface area contributed by atoms with Crippen molar-refractivity contribution in [3.8, 4) is 28.5 Å². The third-order valence-electron chi connectivity index (χ3n) is 6.57. The summed E-state index contributed by atoms with van der Waals surface area (Å²) in [7, 11) is 1.66. The standard InChI is InChI=1S/C32H44N2O4/c1-7-10-18-37-30-21-31(38-19-11-8-2)27(20-26(30)23(4)5)28-16-17-29(32(35)33-9-3)34(28)22-24-12-14-25(36-6)15-13-24/h12-17,20-21,23H,7-11,18-19,22H2,1-6H3,(H,33,35). The Bertz CT molecular complexity index is 1160. The molecule has 0 spiro atoms. The van der Waals surface area contributed by atoms with Gasteiger partial charge in [0.25, 0.3) is 5.91 Å². The molecule has 1 heterocycles. The van der Waals surface area contributed by atoms with E-state index in [4.69, 9.17) is 14.2 Å². The number of hydrogen-bond acceptors (Lipinski definition) is 4. The quantitative estimate of drug-likeness (QED) is 0.212. The minimum Gasteiger partial charge on any atom is -0.497 e. The Labute approximate surface area is 228 Å². The maximum Gasteiger partial charge on any atom is 0.267 e. The van der Waals surface area contributed by atoms with Gasteiger partial charge in [0, 0.05) is 24.7 Å². The average Bonchev–Trinajstić information content (AvgIpc) is 3.32. The van der Waals surface area contributed by atoms with Crippen LogP contribution in [0.1, 0.15) is 87.8 Å². The first-order chi connectivity index (χ1) is 18.4. The first-order valence-electron chi connectivity index (χ1n) is 14.0. The van der Waals surface area contributed by atoms with Crippen LogP contribution < -0.4 is 19.5 Å². The number of aromatic nitrogens is 1. The molecule has 0 aliphatic carbocycles. The van der Waals surface area contributed by atoms with E-state index in [0.717, 1.165) is 65.3 Å². The van der Waals surface area contributed by atoms with Gasteiger partial charge in [-0.2, -0.15) is 0 Å². The molecule has 0 saturated heterocycles. The van der Waals surface area contributed by atoms with Crippen LogP contribution >= 0.6 is 0 Å². The second kappa shape index (κ2) is 14.5. The molecule has 0 unspecified atom stereocenters. The number of unbranched alkanes of at least 4 members (excludes halogenated alkanes) is 2. The molecule has 0 fully saturated rings. The molecular weight excluding hydrogens is 476 g/mol. The largest absolute Gasteiger partial charge is 0.497 e. The van der Waals surface area contributed by atoms with Crippen LogP contribution in [0.15, 0.2) is 48.5 Å². The summed E-state index contributed by atoms with van der Waals surface area (Å²) in [6.07, 6.45) is 4.10. The maximum absolute atomic E-state index is 13.1. The van der Waals surface area contributed by atoms with Crippen LogP contribution in [0.5, 0.6) is 17.2 Å². The van der Waals surface area contributed by atoms with Gasteiger partial charge in [0.2, 0.25) is 0 Å². The number of hydrogen-bond donors (Lipinski definition) is 1.